The molecule has 0 fully saturated rings. The molecular formula is C13H11NO3S. The highest BCUT2D eigenvalue weighted by atomic mass is 32.1. The number of thiophene rings is 1. The molecule has 0 aliphatic carbocycles. The maximum atomic E-state index is 11.9. The van der Waals surface area contributed by atoms with Gasteiger partial charge in [-0.1, -0.05) is 18.2 Å². The molecular weight excluding hydrogens is 250 g/mol. The van der Waals surface area contributed by atoms with Gasteiger partial charge < -0.3 is 10.4 Å². The second kappa shape index (κ2) is 5.01. The summed E-state index contributed by atoms with van der Waals surface area (Å²) in [4.78, 5) is 23.8. The van der Waals surface area contributed by atoms with Crippen LogP contribution in [0.3, 0.4) is 0 Å². The maximum absolute atomic E-state index is 11.9. The zero-order chi connectivity index (χ0) is 13.1. The Balaban J connectivity index is 2.25. The predicted octanol–water partition coefficient (Wildman–Crippen LogP) is 3.01. The number of nitrogens with one attached hydrogen (secondary N) is 1. The molecule has 1 amide bonds. The van der Waals surface area contributed by atoms with Gasteiger partial charge in [0.1, 0.15) is 5.00 Å². The van der Waals surface area contributed by atoms with Gasteiger partial charge in [-0.25, -0.2) is 4.79 Å². The first kappa shape index (κ1) is 12.3. The smallest absolute Gasteiger partial charge is 0.338 e. The molecule has 2 N–H and O–H groups in total. The van der Waals surface area contributed by atoms with Crippen molar-refractivity contribution in [2.24, 2.45) is 0 Å². The van der Waals surface area contributed by atoms with Crippen LogP contribution in [-0.4, -0.2) is 17.0 Å². The summed E-state index contributed by atoms with van der Waals surface area (Å²) in [7, 11) is 0. The number of aromatic carboxylic acids is 1. The normalized spacial score (nSPS) is 10.1. The van der Waals surface area contributed by atoms with E-state index in [0.29, 0.717) is 10.6 Å². The van der Waals surface area contributed by atoms with Crippen LogP contribution in [0, 0.1) is 6.92 Å². The van der Waals surface area contributed by atoms with Gasteiger partial charge in [-0.05, 0) is 25.1 Å². The van der Waals surface area contributed by atoms with Gasteiger partial charge in [0, 0.05) is 10.4 Å². The number of aryl methyl sites for hydroxylation is 1. The molecule has 1 aromatic heterocycles. The summed E-state index contributed by atoms with van der Waals surface area (Å²) >= 11 is 1.25. The number of carbonyl (C=O) groups excluding carboxylic acids is 1. The summed E-state index contributed by atoms with van der Waals surface area (Å²) in [6.07, 6.45) is 0. The van der Waals surface area contributed by atoms with Gasteiger partial charge in [0.25, 0.3) is 5.91 Å². The third-order valence-electron chi connectivity index (χ3n) is 2.35. The SMILES string of the molecule is Cc1cc(C(=O)O)c(NC(=O)c2ccccc2)s1. The Morgan fingerprint density at radius 1 is 1.22 bits per heavy atom. The molecule has 0 aliphatic heterocycles. The van der Waals surface area contributed by atoms with Gasteiger partial charge in [-0.3, -0.25) is 4.79 Å². The van der Waals surface area contributed by atoms with Crippen molar-refractivity contribution in [2.75, 3.05) is 5.32 Å². The second-order valence-electron chi connectivity index (χ2n) is 3.73. The van der Waals surface area contributed by atoms with Crippen molar-refractivity contribution >= 4 is 28.2 Å². The van der Waals surface area contributed by atoms with Crippen molar-refractivity contribution in [3.8, 4) is 0 Å². The third kappa shape index (κ3) is 2.57. The maximum Gasteiger partial charge on any atom is 0.338 e. The van der Waals surface area contributed by atoms with Crippen molar-refractivity contribution in [1.82, 2.24) is 0 Å². The first-order valence-corrected chi connectivity index (χ1v) is 6.09. The predicted molar refractivity (Wildman–Crippen MR) is 70.4 cm³/mol. The first-order valence-electron chi connectivity index (χ1n) is 5.28. The Morgan fingerprint density at radius 3 is 2.50 bits per heavy atom. The number of benzene rings is 1. The van der Waals surface area contributed by atoms with Crippen LogP contribution in [0.25, 0.3) is 0 Å². The van der Waals surface area contributed by atoms with Crippen LogP contribution in [0.5, 0.6) is 0 Å². The molecule has 4 nitrogen and oxygen atoms in total. The Hall–Kier alpha value is -2.14. The fourth-order valence-electron chi connectivity index (χ4n) is 1.53. The average molecular weight is 261 g/mol. The molecule has 0 atom stereocenters. The van der Waals surface area contributed by atoms with Gasteiger partial charge in [0.2, 0.25) is 0 Å². The molecule has 0 bridgehead atoms. The van der Waals surface area contributed by atoms with E-state index in [2.05, 4.69) is 5.32 Å². The summed E-state index contributed by atoms with van der Waals surface area (Å²) < 4.78 is 0. The number of carbonyl (C=O) groups is 2. The van der Waals surface area contributed by atoms with Crippen LogP contribution in [0.1, 0.15) is 25.6 Å². The van der Waals surface area contributed by atoms with Crippen LogP contribution in [-0.2, 0) is 0 Å². The molecule has 2 aromatic rings. The highest BCUT2D eigenvalue weighted by Gasteiger charge is 2.16. The number of hydrogen-bond acceptors (Lipinski definition) is 3. The summed E-state index contributed by atoms with van der Waals surface area (Å²) in [5.74, 6) is -1.34. The highest BCUT2D eigenvalue weighted by Crippen LogP contribution is 2.27. The Morgan fingerprint density at radius 2 is 1.89 bits per heavy atom. The zero-order valence-corrected chi connectivity index (χ0v) is 10.5. The van der Waals surface area contributed by atoms with Crippen LogP contribution in [0.4, 0.5) is 5.00 Å². The zero-order valence-electron chi connectivity index (χ0n) is 9.64. The molecule has 1 aromatic carbocycles. The van der Waals surface area contributed by atoms with E-state index in [-0.39, 0.29) is 11.5 Å². The van der Waals surface area contributed by atoms with E-state index in [4.69, 9.17) is 5.11 Å². The molecule has 0 saturated carbocycles. The Bertz CT molecular complexity index is 590. The van der Waals surface area contributed by atoms with Crippen molar-refractivity contribution < 1.29 is 14.7 Å². The fourth-order valence-corrected chi connectivity index (χ4v) is 2.43. The Kier molecular flexibility index (Phi) is 3.43. The van der Waals surface area contributed by atoms with Crippen LogP contribution < -0.4 is 5.32 Å². The molecule has 0 saturated heterocycles. The third-order valence-corrected chi connectivity index (χ3v) is 3.31. The van der Waals surface area contributed by atoms with E-state index >= 15 is 0 Å². The van der Waals surface area contributed by atoms with E-state index < -0.39 is 5.97 Å². The molecule has 0 aliphatic rings. The average Bonchev–Trinajstić information content (AvgIpc) is 2.71. The van der Waals surface area contributed by atoms with Gasteiger partial charge in [0.15, 0.2) is 0 Å². The van der Waals surface area contributed by atoms with Crippen molar-refractivity contribution in [1.29, 1.82) is 0 Å². The number of carboxylic acids is 1. The molecule has 1 heterocycles. The van der Waals surface area contributed by atoms with Gasteiger partial charge in [0.05, 0.1) is 5.56 Å². The number of anilines is 1. The lowest BCUT2D eigenvalue weighted by atomic mass is 10.2. The van der Waals surface area contributed by atoms with Gasteiger partial charge in [-0.15, -0.1) is 11.3 Å². The van der Waals surface area contributed by atoms with E-state index in [0.717, 1.165) is 4.88 Å². The van der Waals surface area contributed by atoms with Crippen molar-refractivity contribution in [3.05, 3.63) is 52.4 Å². The first-order chi connectivity index (χ1) is 8.58. The molecule has 0 unspecified atom stereocenters. The molecule has 0 spiro atoms. The summed E-state index contributed by atoms with van der Waals surface area (Å²) in [6.45, 7) is 1.80. The largest absolute Gasteiger partial charge is 0.478 e. The minimum atomic E-state index is -1.04. The molecule has 92 valence electrons. The number of rotatable bonds is 3. The van der Waals surface area contributed by atoms with Crippen LogP contribution in [0.2, 0.25) is 0 Å². The lowest BCUT2D eigenvalue weighted by Gasteiger charge is -2.03. The summed E-state index contributed by atoms with van der Waals surface area (Å²) in [6, 6.07) is 10.2. The van der Waals surface area contributed by atoms with E-state index in [1.54, 1.807) is 37.3 Å². The molecule has 18 heavy (non-hydrogen) atoms. The van der Waals surface area contributed by atoms with Crippen molar-refractivity contribution in [3.63, 3.8) is 0 Å². The molecule has 5 heteroatoms. The van der Waals surface area contributed by atoms with E-state index in [9.17, 15) is 9.59 Å². The fraction of sp³-hybridized carbons (Fsp3) is 0.0769. The molecule has 2 rings (SSSR count). The molecule has 0 radical (unpaired) electrons. The lowest BCUT2D eigenvalue weighted by molar-refractivity contribution is 0.0698. The highest BCUT2D eigenvalue weighted by molar-refractivity contribution is 7.16. The van der Waals surface area contributed by atoms with Gasteiger partial charge in [-0.2, -0.15) is 0 Å². The van der Waals surface area contributed by atoms with Crippen LogP contribution >= 0.6 is 11.3 Å². The number of amides is 1. The van der Waals surface area contributed by atoms with Crippen molar-refractivity contribution in [2.45, 2.75) is 6.92 Å². The van der Waals surface area contributed by atoms with E-state index in [1.807, 2.05) is 6.07 Å². The van der Waals surface area contributed by atoms with Gasteiger partial charge >= 0.3 is 5.97 Å². The monoisotopic (exact) mass is 261 g/mol. The number of carboxylic acid groups (broad SMARTS) is 1. The van der Waals surface area contributed by atoms with Crippen LogP contribution in [0.15, 0.2) is 36.4 Å². The minimum absolute atomic E-state index is 0.127. The topological polar surface area (TPSA) is 66.4 Å². The summed E-state index contributed by atoms with van der Waals surface area (Å²) in [5, 5.41) is 12.0. The quantitative estimate of drug-likeness (QED) is 0.892. The minimum Gasteiger partial charge on any atom is -0.478 e. The Labute approximate surface area is 108 Å². The van der Waals surface area contributed by atoms with E-state index in [1.165, 1.54) is 11.3 Å². The second-order valence-corrected chi connectivity index (χ2v) is 4.98. The number of hydrogen-bond donors (Lipinski definition) is 2. The standard InChI is InChI=1S/C13H11NO3S/c1-8-7-10(13(16)17)12(18-8)14-11(15)9-5-3-2-4-6-9/h2-7H,1H3,(H,14,15)(H,16,17). The summed E-state index contributed by atoms with van der Waals surface area (Å²) in [5.41, 5.74) is 0.627. The lowest BCUT2D eigenvalue weighted by Crippen LogP contribution is -2.12.